The molecule has 5 heterocycles. The van der Waals surface area contributed by atoms with Gasteiger partial charge in [-0.2, -0.15) is 5.10 Å². The largest absolute Gasteiger partial charge is 0.485 e. The molecule has 0 aromatic carbocycles. The van der Waals surface area contributed by atoms with Crippen LogP contribution in [0.1, 0.15) is 46.2 Å². The van der Waals surface area contributed by atoms with Gasteiger partial charge in [0.15, 0.2) is 17.5 Å². The number of hydrogen-bond acceptors (Lipinski definition) is 7. The van der Waals surface area contributed by atoms with Gasteiger partial charge >= 0.3 is 0 Å². The molecular weight excluding hydrogens is 565 g/mol. The molecule has 41 heavy (non-hydrogen) atoms. The first-order chi connectivity index (χ1) is 20.2. The average Bonchev–Trinajstić information content (AvgIpc) is 3.30. The van der Waals surface area contributed by atoms with Gasteiger partial charge in [0.05, 0.1) is 45.3 Å². The molecule has 0 radical (unpaired) electrons. The Morgan fingerprint density at radius 3 is 2.73 bits per heavy atom. The summed E-state index contributed by atoms with van der Waals surface area (Å²) >= 11 is 6.36. The van der Waals surface area contributed by atoms with Crippen molar-refractivity contribution in [2.24, 2.45) is 0 Å². The topological polar surface area (TPSA) is 113 Å². The van der Waals surface area contributed by atoms with E-state index in [9.17, 15) is 22.8 Å². The molecule has 10 nitrogen and oxygen atoms in total. The van der Waals surface area contributed by atoms with Gasteiger partial charge in [-0.1, -0.05) is 11.6 Å². The molecular formula is C27H24ClF3N6O4. The van der Waals surface area contributed by atoms with E-state index < -0.39 is 51.6 Å². The zero-order chi connectivity index (χ0) is 31.3. The maximum absolute atomic E-state index is 15.0. The molecule has 0 atom stereocenters. The number of pyridine rings is 3. The molecule has 5 rings (SSSR count). The smallest absolute Gasteiger partial charge is 0.277 e. The summed E-state index contributed by atoms with van der Waals surface area (Å²) in [6.07, 6.45) is 3.56. The number of halogens is 4. The maximum atomic E-state index is 15.0. The summed E-state index contributed by atoms with van der Waals surface area (Å²) in [6, 6.07) is 3.22. The standard InChI is InChI=1S/C27H24ClF3N6O4/c1-14(38)34-27(2,3)25-19(31)11-36(35-25)23-8-21-15(9-33-23)4-5-40-12-17-7-22(24(28)26(39)37(17)21)41-13-20-18(30)6-16(29)10-32-20/h6-11H,4-5,12-13H2,1-3H3,(H,34,38)/i13D2. The second-order valence-corrected chi connectivity index (χ2v) is 10.1. The molecule has 14 heteroatoms. The highest BCUT2D eigenvalue weighted by Crippen LogP contribution is 2.29. The summed E-state index contributed by atoms with van der Waals surface area (Å²) in [5.41, 5.74) is -1.72. The number of carbonyl (C=O) groups excluding carboxylic acids is 1. The molecule has 1 aliphatic heterocycles. The minimum Gasteiger partial charge on any atom is -0.485 e. The van der Waals surface area contributed by atoms with Gasteiger partial charge in [-0.25, -0.2) is 22.8 Å². The van der Waals surface area contributed by atoms with Crippen LogP contribution in [0, 0.1) is 17.5 Å². The first kappa shape index (κ1) is 25.7. The Morgan fingerprint density at radius 2 is 2.00 bits per heavy atom. The van der Waals surface area contributed by atoms with Gasteiger partial charge in [0.2, 0.25) is 5.91 Å². The van der Waals surface area contributed by atoms with Crippen molar-refractivity contribution in [2.75, 3.05) is 6.61 Å². The average molecular weight is 591 g/mol. The molecule has 0 bridgehead atoms. The van der Waals surface area contributed by atoms with Crippen LogP contribution in [0.4, 0.5) is 13.2 Å². The molecule has 0 aliphatic carbocycles. The number of ether oxygens (including phenoxy) is 2. The van der Waals surface area contributed by atoms with E-state index in [-0.39, 0.29) is 36.3 Å². The van der Waals surface area contributed by atoms with Crippen LogP contribution in [0.15, 0.2) is 41.6 Å². The second kappa shape index (κ2) is 11.0. The van der Waals surface area contributed by atoms with E-state index in [0.29, 0.717) is 29.9 Å². The maximum Gasteiger partial charge on any atom is 0.277 e. The van der Waals surface area contributed by atoms with Crippen LogP contribution in [0.25, 0.3) is 11.5 Å². The molecule has 0 saturated carbocycles. The second-order valence-electron chi connectivity index (χ2n) is 9.69. The molecule has 0 fully saturated rings. The predicted octanol–water partition coefficient (Wildman–Crippen LogP) is 3.91. The van der Waals surface area contributed by atoms with Crippen molar-refractivity contribution in [1.82, 2.24) is 29.6 Å². The molecule has 0 spiro atoms. The molecule has 214 valence electrons. The van der Waals surface area contributed by atoms with Crippen LogP contribution in [0.3, 0.4) is 0 Å². The summed E-state index contributed by atoms with van der Waals surface area (Å²) in [5.74, 6) is -3.64. The van der Waals surface area contributed by atoms with Crippen LogP contribution in [-0.4, -0.2) is 36.8 Å². The van der Waals surface area contributed by atoms with Gasteiger partial charge in [0.1, 0.15) is 34.5 Å². The Morgan fingerprint density at radius 1 is 1.22 bits per heavy atom. The predicted molar refractivity (Wildman–Crippen MR) is 141 cm³/mol. The van der Waals surface area contributed by atoms with Crippen molar-refractivity contribution in [1.29, 1.82) is 0 Å². The highest BCUT2D eigenvalue weighted by molar-refractivity contribution is 6.31. The van der Waals surface area contributed by atoms with Gasteiger partial charge in [-0.15, -0.1) is 0 Å². The molecule has 4 aromatic rings. The lowest BCUT2D eigenvalue weighted by molar-refractivity contribution is -0.120. The third-order valence-corrected chi connectivity index (χ3v) is 6.54. The summed E-state index contributed by atoms with van der Waals surface area (Å²) in [4.78, 5) is 33.1. The van der Waals surface area contributed by atoms with Gasteiger partial charge < -0.3 is 14.8 Å². The fourth-order valence-corrected chi connectivity index (χ4v) is 4.57. The molecule has 0 unspecified atom stereocenters. The van der Waals surface area contributed by atoms with Crippen molar-refractivity contribution in [3.05, 3.63) is 92.3 Å². The van der Waals surface area contributed by atoms with Crippen molar-refractivity contribution in [3.8, 4) is 17.3 Å². The van der Waals surface area contributed by atoms with E-state index in [2.05, 4.69) is 20.4 Å². The SMILES string of the molecule is [2H]C([2H])(Oc1cc2n(c(=O)c1Cl)-c1cc(-n3cc(F)c(C(C)(C)NC(C)=O)n3)ncc1CCOC2)c1ncc(F)cc1F. The first-order valence-corrected chi connectivity index (χ1v) is 12.6. The third kappa shape index (κ3) is 5.68. The summed E-state index contributed by atoms with van der Waals surface area (Å²) in [6.45, 7) is 1.68. The lowest BCUT2D eigenvalue weighted by Gasteiger charge is -2.23. The monoisotopic (exact) mass is 590 g/mol. The van der Waals surface area contributed by atoms with E-state index >= 15 is 0 Å². The molecule has 4 aromatic heterocycles. The summed E-state index contributed by atoms with van der Waals surface area (Å²) in [5, 5.41) is 6.40. The van der Waals surface area contributed by atoms with E-state index in [0.717, 1.165) is 6.20 Å². The number of fused-ring (bicyclic) bond motifs is 3. The quantitative estimate of drug-likeness (QED) is 0.362. The van der Waals surface area contributed by atoms with Crippen LogP contribution in [0.5, 0.6) is 5.75 Å². The number of aromatic nitrogens is 5. The van der Waals surface area contributed by atoms with E-state index in [4.69, 9.17) is 23.8 Å². The van der Waals surface area contributed by atoms with E-state index in [1.165, 1.54) is 34.5 Å². The van der Waals surface area contributed by atoms with Gasteiger partial charge in [-0.05, 0) is 25.8 Å². The van der Waals surface area contributed by atoms with Crippen molar-refractivity contribution < 1.29 is 30.2 Å². The highest BCUT2D eigenvalue weighted by atomic mass is 35.5. The Kier molecular flexibility index (Phi) is 6.88. The van der Waals surface area contributed by atoms with Crippen LogP contribution in [-0.2, 0) is 34.7 Å². The van der Waals surface area contributed by atoms with Crippen molar-refractivity contribution in [2.45, 2.75) is 45.9 Å². The van der Waals surface area contributed by atoms with Crippen LogP contribution in [0.2, 0.25) is 5.02 Å². The summed E-state index contributed by atoms with van der Waals surface area (Å²) < 4.78 is 72.4. The highest BCUT2D eigenvalue weighted by Gasteiger charge is 2.29. The Bertz CT molecular complexity index is 1810. The van der Waals surface area contributed by atoms with E-state index in [1.807, 2.05) is 0 Å². The molecule has 0 saturated heterocycles. The zero-order valence-electron chi connectivity index (χ0n) is 24.0. The van der Waals surface area contributed by atoms with E-state index in [1.54, 1.807) is 13.8 Å². The first-order valence-electron chi connectivity index (χ1n) is 13.2. The molecule has 1 amide bonds. The number of amides is 1. The number of hydrogen-bond donors (Lipinski definition) is 1. The Balaban J connectivity index is 1.59. The van der Waals surface area contributed by atoms with Gasteiger partial charge in [0, 0.05) is 31.3 Å². The number of carbonyl (C=O) groups is 1. The van der Waals surface area contributed by atoms with Crippen LogP contribution < -0.4 is 15.6 Å². The molecule has 1 aliphatic rings. The minimum atomic E-state index is -2.93. The lowest BCUT2D eigenvalue weighted by atomic mass is 10.0. The fourth-order valence-electron chi connectivity index (χ4n) is 4.39. The Labute approximate surface area is 239 Å². The van der Waals surface area contributed by atoms with Gasteiger partial charge in [0.25, 0.3) is 5.56 Å². The van der Waals surface area contributed by atoms with Crippen molar-refractivity contribution >= 4 is 17.5 Å². The van der Waals surface area contributed by atoms with Gasteiger partial charge in [-0.3, -0.25) is 19.1 Å². The Hall–Kier alpha value is -4.23. The minimum absolute atomic E-state index is 0.0339. The summed E-state index contributed by atoms with van der Waals surface area (Å²) in [7, 11) is 0. The zero-order valence-corrected chi connectivity index (χ0v) is 22.7. The number of rotatable bonds is 6. The lowest BCUT2D eigenvalue weighted by Crippen LogP contribution is -2.40. The van der Waals surface area contributed by atoms with Crippen molar-refractivity contribution in [3.63, 3.8) is 0 Å². The number of nitrogens with one attached hydrogen (secondary N) is 1. The fraction of sp³-hybridized carbons (Fsp3) is 0.296. The number of nitrogens with zero attached hydrogens (tertiary/aromatic N) is 5. The van der Waals surface area contributed by atoms with Crippen LogP contribution >= 0.6 is 11.6 Å². The normalized spacial score (nSPS) is 14.2. The molecule has 1 N–H and O–H groups in total. The third-order valence-electron chi connectivity index (χ3n) is 6.20.